The maximum Gasteiger partial charge on any atom is 0.270 e. The number of nitrogens with two attached hydrogens (primary N) is 1. The van der Waals surface area contributed by atoms with Crippen LogP contribution in [0.4, 0.5) is 0 Å². The van der Waals surface area contributed by atoms with Gasteiger partial charge in [0.05, 0.1) is 0 Å². The van der Waals surface area contributed by atoms with Crippen molar-refractivity contribution in [3.8, 4) is 5.95 Å². The lowest BCUT2D eigenvalue weighted by atomic mass is 10.7. The lowest BCUT2D eigenvalue weighted by molar-refractivity contribution is 0.771. The van der Waals surface area contributed by atoms with Gasteiger partial charge in [-0.3, -0.25) is 0 Å². The summed E-state index contributed by atoms with van der Waals surface area (Å²) in [6.07, 6.45) is 4.80. The Hall–Kier alpha value is -1.85. The zero-order chi connectivity index (χ0) is 7.68. The van der Waals surface area contributed by atoms with E-state index in [-0.39, 0.29) is 0 Å². The van der Waals surface area contributed by atoms with Crippen LogP contribution in [-0.4, -0.2) is 24.7 Å². The van der Waals surface area contributed by atoms with Crippen LogP contribution in [0.1, 0.15) is 0 Å². The van der Waals surface area contributed by atoms with Crippen molar-refractivity contribution < 1.29 is 0 Å². The van der Waals surface area contributed by atoms with E-state index in [1.165, 1.54) is 15.7 Å². The van der Waals surface area contributed by atoms with Gasteiger partial charge in [0.15, 0.2) is 0 Å². The molecule has 0 aromatic carbocycles. The fourth-order valence-corrected chi connectivity index (χ4v) is 0.788. The van der Waals surface area contributed by atoms with Gasteiger partial charge in [-0.2, -0.15) is 5.10 Å². The molecule has 0 radical (unpaired) electrons. The summed E-state index contributed by atoms with van der Waals surface area (Å²) < 4.78 is 2.83. The summed E-state index contributed by atoms with van der Waals surface area (Å²) in [7, 11) is 0. The predicted molar refractivity (Wildman–Crippen MR) is 37.3 cm³/mol. The van der Waals surface area contributed by atoms with Crippen LogP contribution in [-0.2, 0) is 0 Å². The molecule has 0 spiro atoms. The molecule has 0 aliphatic carbocycles. The summed E-state index contributed by atoms with van der Waals surface area (Å²) in [5.41, 5.74) is 0. The van der Waals surface area contributed by atoms with E-state index in [2.05, 4.69) is 15.3 Å². The monoisotopic (exact) mass is 150 g/mol. The lowest BCUT2D eigenvalue weighted by Gasteiger charge is -1.96. The fraction of sp³-hybridized carbons (Fsp3) is 0. The van der Waals surface area contributed by atoms with E-state index >= 15 is 0 Å². The van der Waals surface area contributed by atoms with Gasteiger partial charge < -0.3 is 5.84 Å². The first-order chi connectivity index (χ1) is 5.38. The molecule has 2 N–H and O–H groups in total. The number of nitrogen functional groups attached to an aromatic ring is 1. The Morgan fingerprint density at radius 1 is 1.45 bits per heavy atom. The minimum atomic E-state index is 0.495. The van der Waals surface area contributed by atoms with Gasteiger partial charge in [0.1, 0.15) is 6.33 Å². The van der Waals surface area contributed by atoms with Crippen molar-refractivity contribution in [2.75, 3.05) is 5.84 Å². The fourth-order valence-electron chi connectivity index (χ4n) is 0.788. The van der Waals surface area contributed by atoms with Crippen molar-refractivity contribution in [1.82, 2.24) is 24.7 Å². The molecule has 0 aliphatic rings. The third-order valence-corrected chi connectivity index (χ3v) is 1.26. The number of hydrogen-bond acceptors (Lipinski definition) is 4. The Kier molecular flexibility index (Phi) is 1.12. The highest BCUT2D eigenvalue weighted by Crippen LogP contribution is 1.95. The number of nitrogens with zero attached hydrogens (tertiary/aromatic N) is 5. The third-order valence-electron chi connectivity index (χ3n) is 1.26. The molecule has 0 atom stereocenters. The topological polar surface area (TPSA) is 74.6 Å². The molecular formula is C5H6N6. The van der Waals surface area contributed by atoms with E-state index in [4.69, 9.17) is 5.84 Å². The summed E-state index contributed by atoms with van der Waals surface area (Å²) >= 11 is 0. The van der Waals surface area contributed by atoms with Crippen LogP contribution in [0.15, 0.2) is 24.8 Å². The molecule has 0 saturated carbocycles. The molecule has 0 saturated heterocycles. The van der Waals surface area contributed by atoms with Crippen LogP contribution >= 0.6 is 0 Å². The molecule has 2 rings (SSSR count). The molecule has 2 aromatic rings. The molecule has 6 heteroatoms. The van der Waals surface area contributed by atoms with Gasteiger partial charge in [-0.25, -0.2) is 9.36 Å². The van der Waals surface area contributed by atoms with E-state index in [0.29, 0.717) is 5.95 Å². The third kappa shape index (κ3) is 0.841. The number of hydrogen-bond donors (Lipinski definition) is 1. The van der Waals surface area contributed by atoms with Gasteiger partial charge >= 0.3 is 0 Å². The molecule has 56 valence electrons. The predicted octanol–water partition coefficient (Wildman–Crippen LogP) is -0.822. The summed E-state index contributed by atoms with van der Waals surface area (Å²) in [4.78, 5) is 0. The van der Waals surface area contributed by atoms with Crippen LogP contribution in [0.2, 0.25) is 0 Å². The first-order valence-electron chi connectivity index (χ1n) is 3.03. The lowest BCUT2D eigenvalue weighted by Crippen LogP contribution is -2.13. The van der Waals surface area contributed by atoms with Gasteiger partial charge in [0.2, 0.25) is 0 Å². The van der Waals surface area contributed by atoms with E-state index in [0.717, 1.165) is 0 Å². The number of aromatic nitrogens is 5. The highest BCUT2D eigenvalue weighted by molar-refractivity contribution is 5.07. The molecule has 2 heterocycles. The second kappa shape index (κ2) is 2.08. The average molecular weight is 150 g/mol. The van der Waals surface area contributed by atoms with Crippen LogP contribution in [0.25, 0.3) is 5.95 Å². The van der Waals surface area contributed by atoms with E-state index in [1.807, 2.05) is 0 Å². The Labute approximate surface area is 62.2 Å². The maximum atomic E-state index is 5.46. The quantitative estimate of drug-likeness (QED) is 0.539. The Morgan fingerprint density at radius 2 is 2.36 bits per heavy atom. The van der Waals surface area contributed by atoms with Crippen molar-refractivity contribution in [3.63, 3.8) is 0 Å². The Morgan fingerprint density at radius 3 is 2.91 bits per heavy atom. The second-order valence-corrected chi connectivity index (χ2v) is 1.99. The largest absolute Gasteiger partial charge is 0.335 e. The normalized spacial score (nSPS) is 10.2. The van der Waals surface area contributed by atoms with Gasteiger partial charge in [-0.1, -0.05) is 0 Å². The first kappa shape index (κ1) is 5.90. The van der Waals surface area contributed by atoms with Gasteiger partial charge in [-0.15, -0.1) is 10.2 Å². The standard InChI is InChI=1S/C5H6N6/c6-10-4-7-9-5(10)11-3-1-2-8-11/h1-4H,6H2. The molecular weight excluding hydrogens is 144 g/mol. The zero-order valence-electron chi connectivity index (χ0n) is 5.62. The van der Waals surface area contributed by atoms with Crippen molar-refractivity contribution >= 4 is 0 Å². The molecule has 0 fully saturated rings. The van der Waals surface area contributed by atoms with Crippen LogP contribution in [0.3, 0.4) is 0 Å². The second-order valence-electron chi connectivity index (χ2n) is 1.99. The molecule has 0 unspecified atom stereocenters. The molecule has 11 heavy (non-hydrogen) atoms. The summed E-state index contributed by atoms with van der Waals surface area (Å²) in [5.74, 6) is 5.96. The van der Waals surface area contributed by atoms with Crippen molar-refractivity contribution in [3.05, 3.63) is 24.8 Å². The minimum Gasteiger partial charge on any atom is -0.335 e. The van der Waals surface area contributed by atoms with Crippen LogP contribution in [0.5, 0.6) is 0 Å². The average Bonchev–Trinajstić information content (AvgIpc) is 2.55. The van der Waals surface area contributed by atoms with Crippen molar-refractivity contribution in [1.29, 1.82) is 0 Å². The van der Waals surface area contributed by atoms with Crippen LogP contribution < -0.4 is 5.84 Å². The summed E-state index contributed by atoms with van der Waals surface area (Å²) in [6.45, 7) is 0. The van der Waals surface area contributed by atoms with Crippen LogP contribution in [0, 0.1) is 0 Å². The maximum absolute atomic E-state index is 5.46. The SMILES string of the molecule is Nn1cnnc1-n1cccn1. The highest BCUT2D eigenvalue weighted by atomic mass is 15.5. The number of rotatable bonds is 1. The van der Waals surface area contributed by atoms with Gasteiger partial charge in [0, 0.05) is 12.4 Å². The smallest absolute Gasteiger partial charge is 0.270 e. The molecule has 0 bridgehead atoms. The first-order valence-corrected chi connectivity index (χ1v) is 3.03. The van der Waals surface area contributed by atoms with Crippen molar-refractivity contribution in [2.24, 2.45) is 0 Å². The molecule has 0 aliphatic heterocycles. The highest BCUT2D eigenvalue weighted by Gasteiger charge is 2.01. The Bertz CT molecular complexity index is 333. The van der Waals surface area contributed by atoms with Gasteiger partial charge in [0.25, 0.3) is 5.95 Å². The summed E-state index contributed by atoms with van der Waals surface area (Å²) in [6, 6.07) is 1.79. The summed E-state index contributed by atoms with van der Waals surface area (Å²) in [5, 5.41) is 11.3. The zero-order valence-corrected chi connectivity index (χ0v) is 5.62. The minimum absolute atomic E-state index is 0.495. The Balaban J connectivity index is 2.53. The van der Waals surface area contributed by atoms with Gasteiger partial charge in [-0.05, 0) is 6.07 Å². The molecule has 2 aromatic heterocycles. The molecule has 6 nitrogen and oxygen atoms in total. The van der Waals surface area contributed by atoms with E-state index < -0.39 is 0 Å². The van der Waals surface area contributed by atoms with Crippen molar-refractivity contribution in [2.45, 2.75) is 0 Å². The van der Waals surface area contributed by atoms with E-state index in [1.54, 1.807) is 18.5 Å². The molecule has 0 amide bonds. The van der Waals surface area contributed by atoms with E-state index in [9.17, 15) is 0 Å².